The van der Waals surface area contributed by atoms with Crippen LogP contribution in [-0.2, 0) is 21.5 Å². The van der Waals surface area contributed by atoms with Crippen LogP contribution < -0.4 is 10.6 Å². The molecule has 2 N–H and O–H groups in total. The molecule has 10 nitrogen and oxygen atoms in total. The van der Waals surface area contributed by atoms with Crippen molar-refractivity contribution < 1.29 is 17.9 Å². The van der Waals surface area contributed by atoms with Crippen molar-refractivity contribution in [1.29, 1.82) is 0 Å². The van der Waals surface area contributed by atoms with Crippen LogP contribution in [0.25, 0.3) is 11.2 Å². The zero-order valence-corrected chi connectivity index (χ0v) is 20.4. The van der Waals surface area contributed by atoms with E-state index in [0.29, 0.717) is 30.3 Å². The van der Waals surface area contributed by atoms with E-state index in [0.717, 1.165) is 25.5 Å². The molecule has 0 aliphatic carbocycles. The van der Waals surface area contributed by atoms with Crippen LogP contribution in [0.4, 0.5) is 10.6 Å². The molecule has 1 fully saturated rings. The number of aromatic nitrogens is 3. The fourth-order valence-corrected chi connectivity index (χ4v) is 5.43. The second-order valence-corrected chi connectivity index (χ2v) is 16.7. The monoisotopic (exact) mass is 468 g/mol. The molecule has 0 spiro atoms. The van der Waals surface area contributed by atoms with Crippen LogP contribution in [0.3, 0.4) is 0 Å². The average molecular weight is 469 g/mol. The van der Waals surface area contributed by atoms with Crippen molar-refractivity contribution in [1.82, 2.24) is 24.2 Å². The van der Waals surface area contributed by atoms with Gasteiger partial charge in [0.05, 0.1) is 12.5 Å². The summed E-state index contributed by atoms with van der Waals surface area (Å²) < 4.78 is 32.7. The van der Waals surface area contributed by atoms with E-state index in [-0.39, 0.29) is 12.6 Å². The van der Waals surface area contributed by atoms with Crippen molar-refractivity contribution in [3.8, 4) is 0 Å². The van der Waals surface area contributed by atoms with Gasteiger partial charge < -0.3 is 14.6 Å². The Kier molecular flexibility index (Phi) is 7.34. The van der Waals surface area contributed by atoms with Gasteiger partial charge in [0.1, 0.15) is 12.2 Å². The molecule has 3 rings (SSSR count). The van der Waals surface area contributed by atoms with Crippen LogP contribution in [0.5, 0.6) is 0 Å². The van der Waals surface area contributed by atoms with Crippen molar-refractivity contribution in [2.24, 2.45) is 0 Å². The minimum absolute atomic E-state index is 0.218. The van der Waals surface area contributed by atoms with E-state index in [9.17, 15) is 13.2 Å². The molecule has 31 heavy (non-hydrogen) atoms. The van der Waals surface area contributed by atoms with E-state index in [2.05, 4.69) is 40.2 Å². The van der Waals surface area contributed by atoms with Gasteiger partial charge in [0.2, 0.25) is 10.0 Å². The lowest BCUT2D eigenvalue weighted by molar-refractivity contribution is 0.0899. The number of sulfonamides is 1. The first-order valence-electron chi connectivity index (χ1n) is 10.4. The molecule has 0 bridgehead atoms. The van der Waals surface area contributed by atoms with Crippen molar-refractivity contribution in [2.45, 2.75) is 51.3 Å². The van der Waals surface area contributed by atoms with Gasteiger partial charge >= 0.3 is 6.03 Å². The van der Waals surface area contributed by atoms with Crippen LogP contribution in [0.2, 0.25) is 25.7 Å². The summed E-state index contributed by atoms with van der Waals surface area (Å²) in [4.78, 5) is 21.1. The van der Waals surface area contributed by atoms with E-state index >= 15 is 0 Å². The molecule has 2 aromatic rings. The molecular weight excluding hydrogens is 436 g/mol. The summed E-state index contributed by atoms with van der Waals surface area (Å²) in [5.74, 6) is 0.328. The third-order valence-electron chi connectivity index (χ3n) is 5.18. The van der Waals surface area contributed by atoms with E-state index < -0.39 is 24.1 Å². The molecule has 2 aromatic heterocycles. The number of fused-ring (bicyclic) bond motifs is 1. The highest BCUT2D eigenvalue weighted by atomic mass is 32.2. The van der Waals surface area contributed by atoms with Gasteiger partial charge in [0.15, 0.2) is 11.5 Å². The Balaban J connectivity index is 1.52. The molecule has 0 radical (unpaired) electrons. The summed E-state index contributed by atoms with van der Waals surface area (Å²) in [5, 5.41) is 5.39. The second-order valence-electron chi connectivity index (χ2n) is 9.10. The first-order valence-corrected chi connectivity index (χ1v) is 16.0. The predicted octanol–water partition coefficient (Wildman–Crippen LogP) is 2.29. The van der Waals surface area contributed by atoms with Gasteiger partial charge in [-0.25, -0.2) is 23.2 Å². The molecular formula is C19H32N6O4SSi. The topological polar surface area (TPSA) is 118 Å². The average Bonchev–Trinajstić information content (AvgIpc) is 3.29. The number of carbonyl (C=O) groups excluding carboxylic acids is 1. The van der Waals surface area contributed by atoms with Gasteiger partial charge in [0.25, 0.3) is 0 Å². The first-order chi connectivity index (χ1) is 14.5. The minimum atomic E-state index is -3.27. The lowest BCUT2D eigenvalue weighted by Crippen LogP contribution is -2.43. The number of rotatable bonds is 9. The van der Waals surface area contributed by atoms with Gasteiger partial charge in [-0.15, -0.1) is 0 Å². The van der Waals surface area contributed by atoms with Crippen molar-refractivity contribution in [3.05, 3.63) is 18.5 Å². The molecule has 172 valence electrons. The Morgan fingerprint density at radius 2 is 2.13 bits per heavy atom. The predicted molar refractivity (Wildman–Crippen MR) is 123 cm³/mol. The van der Waals surface area contributed by atoms with Crippen molar-refractivity contribution in [3.63, 3.8) is 0 Å². The normalized spacial score (nSPS) is 17.9. The molecule has 1 saturated heterocycles. The maximum absolute atomic E-state index is 12.2. The smallest absolute Gasteiger partial charge is 0.320 e. The number of nitrogens with one attached hydrogen (secondary N) is 2. The van der Waals surface area contributed by atoms with Gasteiger partial charge in [-0.3, -0.25) is 5.32 Å². The summed E-state index contributed by atoms with van der Waals surface area (Å²) in [6.45, 7) is 8.81. The van der Waals surface area contributed by atoms with E-state index in [4.69, 9.17) is 4.74 Å². The fraction of sp³-hybridized carbons (Fsp3) is 0.632. The quantitative estimate of drug-likeness (QED) is 0.431. The van der Waals surface area contributed by atoms with E-state index in [1.54, 1.807) is 0 Å². The van der Waals surface area contributed by atoms with Gasteiger partial charge in [-0.1, -0.05) is 19.6 Å². The highest BCUT2D eigenvalue weighted by Crippen LogP contribution is 2.19. The standard InChI is InChI=1S/C19H32N6O4SSi/c1-30(27,28)25-8-5-6-15(25)12-21-19(26)23-17-13-20-18-16(22-17)7-9-24(18)14-29-10-11-31(2,3)4/h7,9,13,15H,5-6,8,10-12,14H2,1-4H3,(H2,21,22,23,26). The lowest BCUT2D eigenvalue weighted by Gasteiger charge is -2.22. The Morgan fingerprint density at radius 1 is 1.35 bits per heavy atom. The number of hydrogen-bond donors (Lipinski definition) is 2. The third-order valence-corrected chi connectivity index (χ3v) is 8.22. The molecule has 1 aliphatic rings. The molecule has 0 saturated carbocycles. The SMILES string of the molecule is C[Si](C)(C)CCOCn1ccc2nc(NC(=O)NCC3CCCN3S(C)(=O)=O)cnc21. The Labute approximate surface area is 184 Å². The van der Waals surface area contributed by atoms with E-state index in [1.807, 2.05) is 16.8 Å². The first kappa shape index (κ1) is 23.6. The van der Waals surface area contributed by atoms with Gasteiger partial charge in [0, 0.05) is 40.0 Å². The molecule has 0 aromatic carbocycles. The number of carbonyl (C=O) groups is 1. The lowest BCUT2D eigenvalue weighted by atomic mass is 10.2. The van der Waals surface area contributed by atoms with Crippen LogP contribution in [0, 0.1) is 0 Å². The maximum atomic E-state index is 12.2. The minimum Gasteiger partial charge on any atom is -0.361 e. The summed E-state index contributed by atoms with van der Waals surface area (Å²) in [6.07, 6.45) is 6.08. The summed E-state index contributed by atoms with van der Waals surface area (Å²) in [7, 11) is -4.39. The fourth-order valence-electron chi connectivity index (χ4n) is 3.49. The van der Waals surface area contributed by atoms with E-state index in [1.165, 1.54) is 16.8 Å². The molecule has 3 heterocycles. The zero-order valence-electron chi connectivity index (χ0n) is 18.6. The van der Waals surface area contributed by atoms with Gasteiger partial charge in [-0.2, -0.15) is 4.31 Å². The Bertz CT molecular complexity index is 1020. The summed E-state index contributed by atoms with van der Waals surface area (Å²) in [5.41, 5.74) is 1.35. The third kappa shape index (κ3) is 6.73. The molecule has 1 aliphatic heterocycles. The molecule has 2 amide bonds. The zero-order chi connectivity index (χ0) is 22.6. The largest absolute Gasteiger partial charge is 0.361 e. The van der Waals surface area contributed by atoms with Crippen LogP contribution in [0.1, 0.15) is 12.8 Å². The van der Waals surface area contributed by atoms with Crippen LogP contribution in [0.15, 0.2) is 18.5 Å². The van der Waals surface area contributed by atoms with Crippen molar-refractivity contribution >= 4 is 41.1 Å². The second kappa shape index (κ2) is 9.63. The number of nitrogens with zero attached hydrogens (tertiary/aromatic N) is 4. The number of ether oxygens (including phenoxy) is 1. The molecule has 12 heteroatoms. The number of anilines is 1. The molecule has 1 unspecified atom stereocenters. The summed E-state index contributed by atoms with van der Waals surface area (Å²) >= 11 is 0. The molecule has 1 atom stereocenters. The Hall–Kier alpha value is -2.02. The van der Waals surface area contributed by atoms with Gasteiger partial charge in [-0.05, 0) is 25.0 Å². The van der Waals surface area contributed by atoms with Crippen molar-refractivity contribution in [2.75, 3.05) is 31.3 Å². The number of urea groups is 1. The van der Waals surface area contributed by atoms with Crippen LogP contribution >= 0.6 is 0 Å². The number of hydrogen-bond acceptors (Lipinski definition) is 6. The maximum Gasteiger partial charge on any atom is 0.320 e. The summed E-state index contributed by atoms with van der Waals surface area (Å²) in [6, 6.07) is 2.27. The Morgan fingerprint density at radius 3 is 2.84 bits per heavy atom. The number of amides is 2. The van der Waals surface area contributed by atoms with Crippen LogP contribution in [-0.4, -0.2) is 73.4 Å². The highest BCUT2D eigenvalue weighted by molar-refractivity contribution is 7.88. The highest BCUT2D eigenvalue weighted by Gasteiger charge is 2.31.